The third-order valence-electron chi connectivity index (χ3n) is 5.55. The predicted octanol–water partition coefficient (Wildman–Crippen LogP) is 3.97. The fourth-order valence-electron chi connectivity index (χ4n) is 3.99. The zero-order chi connectivity index (χ0) is 22.9. The number of aromatic nitrogens is 2. The fraction of sp³-hybridized carbons (Fsp3) is 0.167. The lowest BCUT2D eigenvalue weighted by Gasteiger charge is -2.16. The number of amides is 1. The van der Waals surface area contributed by atoms with E-state index >= 15 is 0 Å². The number of rotatable bonds is 5. The summed E-state index contributed by atoms with van der Waals surface area (Å²) in [5.41, 5.74) is 5.20. The van der Waals surface area contributed by atoms with Gasteiger partial charge in [-0.05, 0) is 47.7 Å². The first-order valence-corrected chi connectivity index (χ1v) is 11.1. The maximum absolute atomic E-state index is 12.6. The Morgan fingerprint density at radius 1 is 1.12 bits per heavy atom. The molecule has 2 N–H and O–H groups in total. The highest BCUT2D eigenvalue weighted by Gasteiger charge is 2.29. The molecule has 0 aliphatic heterocycles. The van der Waals surface area contributed by atoms with E-state index < -0.39 is 24.5 Å². The van der Waals surface area contributed by atoms with Crippen molar-refractivity contribution in [1.82, 2.24) is 9.97 Å². The Kier molecular flexibility index (Phi) is 5.39. The zero-order valence-electron chi connectivity index (χ0n) is 17.6. The molecule has 8 nitrogen and oxygen atoms in total. The highest BCUT2D eigenvalue weighted by molar-refractivity contribution is 7.20. The first-order chi connectivity index (χ1) is 16.0. The lowest BCUT2D eigenvalue weighted by molar-refractivity contribution is -0.119. The number of ether oxygens (including phenoxy) is 2. The van der Waals surface area contributed by atoms with Gasteiger partial charge in [-0.25, -0.2) is 14.6 Å². The number of aryl methyl sites for hydroxylation is 1. The van der Waals surface area contributed by atoms with Crippen molar-refractivity contribution >= 4 is 45.2 Å². The topological polar surface area (TPSA) is 110 Å². The fourth-order valence-corrected chi connectivity index (χ4v) is 5.30. The third-order valence-corrected chi connectivity index (χ3v) is 6.73. The number of nitrogens with one attached hydrogen (secondary N) is 2. The van der Waals surface area contributed by atoms with Gasteiger partial charge in [-0.1, -0.05) is 24.3 Å². The first kappa shape index (κ1) is 20.9. The van der Waals surface area contributed by atoms with Gasteiger partial charge >= 0.3 is 11.9 Å². The minimum atomic E-state index is -0.630. The van der Waals surface area contributed by atoms with E-state index in [9.17, 15) is 14.4 Å². The molecule has 0 atom stereocenters. The van der Waals surface area contributed by atoms with Crippen LogP contribution in [0.25, 0.3) is 21.5 Å². The number of benzene rings is 2. The van der Waals surface area contributed by atoms with Gasteiger partial charge in [0.2, 0.25) is 0 Å². The van der Waals surface area contributed by atoms with E-state index in [1.165, 1.54) is 30.3 Å². The molecule has 1 aliphatic carbocycles. The van der Waals surface area contributed by atoms with Crippen molar-refractivity contribution in [3.63, 3.8) is 0 Å². The number of anilines is 1. The van der Waals surface area contributed by atoms with Crippen LogP contribution in [0.2, 0.25) is 0 Å². The molecule has 0 radical (unpaired) electrons. The summed E-state index contributed by atoms with van der Waals surface area (Å²) in [6.45, 7) is -0.486. The van der Waals surface area contributed by atoms with E-state index in [1.807, 2.05) is 18.2 Å². The molecule has 2 aromatic carbocycles. The molecule has 0 bridgehead atoms. The van der Waals surface area contributed by atoms with E-state index in [0.717, 1.165) is 27.9 Å². The van der Waals surface area contributed by atoms with Crippen LogP contribution in [0.3, 0.4) is 0 Å². The van der Waals surface area contributed by atoms with E-state index in [2.05, 4.69) is 21.4 Å². The van der Waals surface area contributed by atoms with Crippen LogP contribution in [-0.4, -0.2) is 41.5 Å². The van der Waals surface area contributed by atoms with E-state index in [4.69, 9.17) is 9.47 Å². The number of aromatic amines is 1. The zero-order valence-corrected chi connectivity index (χ0v) is 18.5. The van der Waals surface area contributed by atoms with Crippen LogP contribution in [0.5, 0.6) is 0 Å². The second-order valence-corrected chi connectivity index (χ2v) is 8.54. The number of carbonyl (C=O) groups is 3. The third kappa shape index (κ3) is 3.87. The Morgan fingerprint density at radius 3 is 2.82 bits per heavy atom. The number of hydrogen-bond acceptors (Lipinski definition) is 7. The largest absolute Gasteiger partial charge is 0.465 e. The maximum Gasteiger partial charge on any atom is 0.341 e. The van der Waals surface area contributed by atoms with Gasteiger partial charge in [0.25, 0.3) is 5.91 Å². The molecule has 166 valence electrons. The molecule has 0 spiro atoms. The van der Waals surface area contributed by atoms with Gasteiger partial charge in [0.05, 0.1) is 35.6 Å². The van der Waals surface area contributed by atoms with Crippen LogP contribution < -0.4 is 5.32 Å². The van der Waals surface area contributed by atoms with Gasteiger partial charge < -0.3 is 19.8 Å². The number of carbonyl (C=O) groups excluding carboxylic acids is 3. The molecule has 1 aliphatic rings. The van der Waals surface area contributed by atoms with Crippen LogP contribution >= 0.6 is 11.3 Å². The van der Waals surface area contributed by atoms with Crippen LogP contribution in [0.15, 0.2) is 48.8 Å². The van der Waals surface area contributed by atoms with Crippen LogP contribution in [0, 0.1) is 0 Å². The van der Waals surface area contributed by atoms with Gasteiger partial charge in [0, 0.05) is 4.88 Å². The predicted molar refractivity (Wildman–Crippen MR) is 124 cm³/mol. The average Bonchev–Trinajstić information content (AvgIpc) is 3.45. The molecule has 9 heteroatoms. The van der Waals surface area contributed by atoms with Crippen LogP contribution in [-0.2, 0) is 27.1 Å². The molecular formula is C24H19N3O5S. The average molecular weight is 461 g/mol. The van der Waals surface area contributed by atoms with Crippen molar-refractivity contribution in [1.29, 1.82) is 0 Å². The number of methoxy groups -OCH3 is 1. The molecule has 4 aromatic rings. The Morgan fingerprint density at radius 2 is 1.97 bits per heavy atom. The number of nitrogens with zero attached hydrogens (tertiary/aromatic N) is 1. The SMILES string of the molecule is COC(=O)c1c(NC(=O)COC(=O)c2ccc3nc[nH]c3c2)sc2c1CCc1ccccc1-2. The summed E-state index contributed by atoms with van der Waals surface area (Å²) in [7, 11) is 1.31. The number of hydrogen-bond donors (Lipinski definition) is 2. The van der Waals surface area contributed by atoms with Crippen molar-refractivity contribution in [3.05, 3.63) is 71.0 Å². The second-order valence-electron chi connectivity index (χ2n) is 7.52. The summed E-state index contributed by atoms with van der Waals surface area (Å²) in [6, 6.07) is 12.9. The van der Waals surface area contributed by atoms with E-state index in [0.29, 0.717) is 28.1 Å². The van der Waals surface area contributed by atoms with Crippen molar-refractivity contribution < 1.29 is 23.9 Å². The number of fused-ring (bicyclic) bond motifs is 4. The van der Waals surface area contributed by atoms with Gasteiger partial charge in [-0.3, -0.25) is 4.79 Å². The van der Waals surface area contributed by atoms with Crippen molar-refractivity contribution in [2.45, 2.75) is 12.8 Å². The van der Waals surface area contributed by atoms with E-state index in [1.54, 1.807) is 18.2 Å². The van der Waals surface area contributed by atoms with Gasteiger partial charge in [0.1, 0.15) is 5.00 Å². The summed E-state index contributed by atoms with van der Waals surface area (Å²) in [5.74, 6) is -1.68. The highest BCUT2D eigenvalue weighted by Crippen LogP contribution is 2.45. The summed E-state index contributed by atoms with van der Waals surface area (Å²) in [6.07, 6.45) is 3.01. The first-order valence-electron chi connectivity index (χ1n) is 10.3. The quantitative estimate of drug-likeness (QED) is 0.435. The molecule has 0 fully saturated rings. The van der Waals surface area contributed by atoms with Crippen LogP contribution in [0.1, 0.15) is 31.8 Å². The molecule has 5 rings (SSSR count). The summed E-state index contributed by atoms with van der Waals surface area (Å²) in [4.78, 5) is 45.5. The minimum absolute atomic E-state index is 0.304. The normalized spacial score (nSPS) is 12.0. The summed E-state index contributed by atoms with van der Waals surface area (Å²) >= 11 is 1.33. The smallest absolute Gasteiger partial charge is 0.341 e. The van der Waals surface area contributed by atoms with Crippen molar-refractivity contribution in [2.75, 3.05) is 19.0 Å². The number of imidazole rings is 1. The lowest BCUT2D eigenvalue weighted by atomic mass is 9.89. The number of H-pyrrole nitrogens is 1. The molecular weight excluding hydrogens is 442 g/mol. The van der Waals surface area contributed by atoms with Gasteiger partial charge in [-0.15, -0.1) is 11.3 Å². The Labute approximate surface area is 192 Å². The van der Waals surface area contributed by atoms with Crippen LogP contribution in [0.4, 0.5) is 5.00 Å². The van der Waals surface area contributed by atoms with Crippen molar-refractivity contribution in [2.24, 2.45) is 0 Å². The lowest BCUT2D eigenvalue weighted by Crippen LogP contribution is -2.21. The molecule has 2 aromatic heterocycles. The molecule has 0 saturated heterocycles. The summed E-state index contributed by atoms with van der Waals surface area (Å²) in [5, 5.41) is 3.12. The van der Waals surface area contributed by atoms with E-state index in [-0.39, 0.29) is 0 Å². The standard InChI is InChI=1S/C24H19N3O5S/c1-31-24(30)20-16-8-6-13-4-2-3-5-15(13)21(16)33-22(20)27-19(28)11-32-23(29)14-7-9-17-18(10-14)26-12-25-17/h2-5,7,9-10,12H,6,8,11H2,1H3,(H,25,26)(H,27,28). The molecule has 0 saturated carbocycles. The number of thiophene rings is 1. The molecule has 1 amide bonds. The molecule has 2 heterocycles. The molecule has 33 heavy (non-hydrogen) atoms. The van der Waals surface area contributed by atoms with Gasteiger partial charge in [0.15, 0.2) is 6.61 Å². The Hall–Kier alpha value is -3.98. The highest BCUT2D eigenvalue weighted by atomic mass is 32.1. The monoisotopic (exact) mass is 461 g/mol. The Bertz CT molecular complexity index is 1400. The maximum atomic E-state index is 12.6. The Balaban J connectivity index is 1.34. The second kappa shape index (κ2) is 8.51. The van der Waals surface area contributed by atoms with Crippen molar-refractivity contribution in [3.8, 4) is 10.4 Å². The molecule has 0 unspecified atom stereocenters. The minimum Gasteiger partial charge on any atom is -0.465 e. The summed E-state index contributed by atoms with van der Waals surface area (Å²) < 4.78 is 10.2. The van der Waals surface area contributed by atoms with Gasteiger partial charge in [-0.2, -0.15) is 0 Å². The number of esters is 2.